The maximum atomic E-state index is 6.04. The quantitative estimate of drug-likeness (QED) is 0.219. The van der Waals surface area contributed by atoms with Crippen LogP contribution in [-0.4, -0.2) is 16.1 Å². The molecule has 31 heavy (non-hydrogen) atoms. The molecule has 6 nitrogen and oxygen atoms in total. The third-order valence-corrected chi connectivity index (χ3v) is 5.49. The van der Waals surface area contributed by atoms with Crippen LogP contribution < -0.4 is 16.7 Å². The van der Waals surface area contributed by atoms with Crippen LogP contribution in [0.3, 0.4) is 0 Å². The number of allylic oxidation sites excluding steroid dienone is 2. The summed E-state index contributed by atoms with van der Waals surface area (Å²) in [5.41, 5.74) is 7.85. The van der Waals surface area contributed by atoms with Gasteiger partial charge in [0, 0.05) is 11.6 Å². The number of nitrogens with two attached hydrogens (primary N) is 2. The maximum absolute atomic E-state index is 6.04. The van der Waals surface area contributed by atoms with E-state index in [1.807, 2.05) is 28.9 Å². The summed E-state index contributed by atoms with van der Waals surface area (Å²) >= 11 is 0. The molecule has 1 aromatic heterocycles. The summed E-state index contributed by atoms with van der Waals surface area (Å²) in [6.07, 6.45) is 4.34. The third kappa shape index (κ3) is 4.09. The number of para-hydroxylation sites is 1. The number of benzene rings is 2. The van der Waals surface area contributed by atoms with Crippen LogP contribution in [0.25, 0.3) is 11.3 Å². The number of rotatable bonds is 5. The van der Waals surface area contributed by atoms with E-state index >= 15 is 0 Å². The Kier molecular flexibility index (Phi) is 5.61. The highest BCUT2D eigenvalue weighted by molar-refractivity contribution is 5.82. The maximum Gasteiger partial charge on any atom is 0.170 e. The zero-order chi connectivity index (χ0) is 22.0. The van der Waals surface area contributed by atoms with Crippen molar-refractivity contribution in [3.63, 3.8) is 0 Å². The highest BCUT2D eigenvalue weighted by atomic mass is 15.5. The van der Waals surface area contributed by atoms with E-state index in [0.29, 0.717) is 5.82 Å². The number of anilines is 1. The average molecular weight is 411 g/mol. The summed E-state index contributed by atoms with van der Waals surface area (Å²) in [5.74, 6) is 18.7. The normalized spacial score (nSPS) is 15.5. The summed E-state index contributed by atoms with van der Waals surface area (Å²) in [5, 5.41) is 9.53. The van der Waals surface area contributed by atoms with Gasteiger partial charge < -0.3 is 5.84 Å². The molecule has 0 radical (unpaired) electrons. The highest BCUT2D eigenvalue weighted by Crippen LogP contribution is 2.32. The lowest BCUT2D eigenvalue weighted by atomic mass is 9.91. The van der Waals surface area contributed by atoms with Gasteiger partial charge in [-0.25, -0.2) is 15.5 Å². The third-order valence-electron chi connectivity index (χ3n) is 5.49. The molecule has 1 atom stereocenters. The van der Waals surface area contributed by atoms with Gasteiger partial charge in [0.1, 0.15) is 6.34 Å². The fraction of sp³-hybridized carbons (Fsp3) is 0.200. The smallest absolute Gasteiger partial charge is 0.170 e. The van der Waals surface area contributed by atoms with Gasteiger partial charge in [0.2, 0.25) is 0 Å². The summed E-state index contributed by atoms with van der Waals surface area (Å²) < 4.78 is 1.92. The molecule has 0 saturated carbocycles. The molecule has 1 aliphatic rings. The Morgan fingerprint density at radius 2 is 1.94 bits per heavy atom. The van der Waals surface area contributed by atoms with Crippen molar-refractivity contribution < 1.29 is 0 Å². The molecule has 0 saturated heterocycles. The van der Waals surface area contributed by atoms with Gasteiger partial charge in [-0.1, -0.05) is 59.9 Å². The zero-order valence-electron chi connectivity index (χ0n) is 18.0. The standard InChI is InChI=1S/C25H26N6/c1-17-8-13-22(19(3)14-17)20-9-11-21(12-10-20)24-15-25(30(27)16-28-26)29-31(24)23-7-5-4-6-18(23)2/h4-9,13-16,21H,11,26-27H2,1-3H3/b28-16-. The van der Waals surface area contributed by atoms with Gasteiger partial charge in [0.25, 0.3) is 0 Å². The SMILES string of the molecule is Cc1ccc(C2=CCC(c3cc(N(N)/C=N\N)nn3-c3ccccc3C)C#C2)c(C)c1. The number of nitrogens with zero attached hydrogens (tertiary/aromatic N) is 4. The number of aromatic nitrogens is 2. The Morgan fingerprint density at radius 1 is 1.13 bits per heavy atom. The minimum atomic E-state index is -0.00132. The van der Waals surface area contributed by atoms with E-state index in [4.69, 9.17) is 16.8 Å². The van der Waals surface area contributed by atoms with Gasteiger partial charge >= 0.3 is 0 Å². The first-order chi connectivity index (χ1) is 15.0. The van der Waals surface area contributed by atoms with Gasteiger partial charge in [-0.2, -0.15) is 5.10 Å². The minimum Gasteiger partial charge on any atom is -0.322 e. The van der Waals surface area contributed by atoms with E-state index in [9.17, 15) is 0 Å². The molecule has 3 aromatic rings. The second-order valence-electron chi connectivity index (χ2n) is 7.79. The second kappa shape index (κ2) is 8.50. The van der Waals surface area contributed by atoms with Crippen LogP contribution in [0.5, 0.6) is 0 Å². The van der Waals surface area contributed by atoms with Crippen molar-refractivity contribution in [3.8, 4) is 17.5 Å². The molecule has 6 heteroatoms. The molecular weight excluding hydrogens is 384 g/mol. The summed E-state index contributed by atoms with van der Waals surface area (Å²) in [4.78, 5) is 0. The Bertz CT molecular complexity index is 1240. The molecule has 1 unspecified atom stereocenters. The van der Waals surface area contributed by atoms with Crippen LogP contribution in [-0.2, 0) is 0 Å². The van der Waals surface area contributed by atoms with Gasteiger partial charge in [-0.3, -0.25) is 0 Å². The lowest BCUT2D eigenvalue weighted by molar-refractivity contribution is 0.746. The lowest BCUT2D eigenvalue weighted by Crippen LogP contribution is -2.30. The van der Waals surface area contributed by atoms with Gasteiger partial charge in [-0.05, 0) is 49.9 Å². The first-order valence-corrected chi connectivity index (χ1v) is 10.2. The number of aryl methyl sites for hydroxylation is 3. The summed E-state index contributed by atoms with van der Waals surface area (Å²) in [6, 6.07) is 16.5. The minimum absolute atomic E-state index is 0.00132. The fourth-order valence-electron chi connectivity index (χ4n) is 3.88. The van der Waals surface area contributed by atoms with E-state index in [-0.39, 0.29) is 5.92 Å². The van der Waals surface area contributed by atoms with Crippen molar-refractivity contribution in [2.75, 3.05) is 5.01 Å². The molecule has 0 spiro atoms. The van der Waals surface area contributed by atoms with Crippen molar-refractivity contribution in [1.82, 2.24) is 9.78 Å². The Balaban J connectivity index is 1.73. The predicted molar refractivity (Wildman–Crippen MR) is 127 cm³/mol. The zero-order valence-corrected chi connectivity index (χ0v) is 18.0. The highest BCUT2D eigenvalue weighted by Gasteiger charge is 2.21. The van der Waals surface area contributed by atoms with E-state index in [1.54, 1.807) is 0 Å². The van der Waals surface area contributed by atoms with Crippen LogP contribution in [0.4, 0.5) is 5.82 Å². The Morgan fingerprint density at radius 3 is 2.61 bits per heavy atom. The molecule has 1 aliphatic carbocycles. The Labute approximate surface area is 182 Å². The van der Waals surface area contributed by atoms with Gasteiger partial charge in [0.15, 0.2) is 5.82 Å². The van der Waals surface area contributed by atoms with Crippen molar-refractivity contribution in [1.29, 1.82) is 0 Å². The average Bonchev–Trinajstić information content (AvgIpc) is 3.20. The van der Waals surface area contributed by atoms with Crippen LogP contribution in [0.15, 0.2) is 59.7 Å². The van der Waals surface area contributed by atoms with Crippen LogP contribution >= 0.6 is 0 Å². The molecule has 2 aromatic carbocycles. The number of hydrazone groups is 1. The van der Waals surface area contributed by atoms with Crippen molar-refractivity contribution >= 4 is 17.7 Å². The van der Waals surface area contributed by atoms with Gasteiger partial charge in [-0.15, -0.1) is 5.10 Å². The number of hydrogen-bond donors (Lipinski definition) is 2. The molecule has 0 fully saturated rings. The largest absolute Gasteiger partial charge is 0.322 e. The fourth-order valence-corrected chi connectivity index (χ4v) is 3.88. The van der Waals surface area contributed by atoms with Crippen molar-refractivity contribution in [2.24, 2.45) is 16.8 Å². The van der Waals surface area contributed by atoms with E-state index in [0.717, 1.165) is 28.9 Å². The summed E-state index contributed by atoms with van der Waals surface area (Å²) in [6.45, 7) is 6.30. The molecule has 4 N–H and O–H groups in total. The van der Waals surface area contributed by atoms with E-state index in [1.165, 1.54) is 28.0 Å². The molecule has 4 rings (SSSR count). The molecule has 156 valence electrons. The topological polar surface area (TPSA) is 85.5 Å². The summed E-state index contributed by atoms with van der Waals surface area (Å²) in [7, 11) is 0. The molecule has 0 amide bonds. The van der Waals surface area contributed by atoms with Crippen LogP contribution in [0.1, 0.15) is 40.3 Å². The van der Waals surface area contributed by atoms with Crippen LogP contribution in [0.2, 0.25) is 0 Å². The van der Waals surface area contributed by atoms with Gasteiger partial charge in [0.05, 0.1) is 17.3 Å². The van der Waals surface area contributed by atoms with Crippen molar-refractivity contribution in [2.45, 2.75) is 33.1 Å². The van der Waals surface area contributed by atoms with Crippen molar-refractivity contribution in [3.05, 3.63) is 82.6 Å². The second-order valence-corrected chi connectivity index (χ2v) is 7.79. The first kappa shape index (κ1) is 20.5. The lowest BCUT2D eigenvalue weighted by Gasteiger charge is -2.17. The first-order valence-electron chi connectivity index (χ1n) is 10.2. The number of hydrogen-bond acceptors (Lipinski definition) is 4. The molecule has 0 aliphatic heterocycles. The molecule has 1 heterocycles. The number of hydrazine groups is 1. The molecular formula is C25H26N6. The Hall–Kier alpha value is -3.82. The monoisotopic (exact) mass is 410 g/mol. The van der Waals surface area contributed by atoms with E-state index < -0.39 is 0 Å². The predicted octanol–water partition coefficient (Wildman–Crippen LogP) is 3.95. The van der Waals surface area contributed by atoms with E-state index in [2.05, 4.69) is 68.1 Å². The molecule has 0 bridgehead atoms. The van der Waals surface area contributed by atoms with Crippen LogP contribution in [0, 0.1) is 32.6 Å².